The summed E-state index contributed by atoms with van der Waals surface area (Å²) >= 11 is 0. The summed E-state index contributed by atoms with van der Waals surface area (Å²) in [5, 5.41) is 12.8. The molecule has 0 aliphatic carbocycles. The van der Waals surface area contributed by atoms with Gasteiger partial charge in [-0.3, -0.25) is 4.90 Å². The zero-order chi connectivity index (χ0) is 16.9. The van der Waals surface area contributed by atoms with Crippen molar-refractivity contribution in [2.45, 2.75) is 38.8 Å². The summed E-state index contributed by atoms with van der Waals surface area (Å²) in [5.74, 6) is 0.211. The fourth-order valence-corrected chi connectivity index (χ4v) is 3.77. The molecule has 24 heavy (non-hydrogen) atoms. The van der Waals surface area contributed by atoms with Crippen LogP contribution in [0, 0.1) is 5.92 Å². The summed E-state index contributed by atoms with van der Waals surface area (Å²) in [6, 6.07) is 8.62. The first kappa shape index (κ1) is 17.2. The zero-order valence-electron chi connectivity index (χ0n) is 14.6. The molecule has 5 heteroatoms. The number of carbonyl (C=O) groups is 1. The third-order valence-corrected chi connectivity index (χ3v) is 5.34. The first-order valence-electron chi connectivity index (χ1n) is 9.13. The lowest BCUT2D eigenvalue weighted by Gasteiger charge is -2.34. The molecule has 1 fully saturated rings. The summed E-state index contributed by atoms with van der Waals surface area (Å²) in [5.41, 5.74) is 2.86. The summed E-state index contributed by atoms with van der Waals surface area (Å²) in [4.78, 5) is 16.6. The van der Waals surface area contributed by atoms with Crippen LogP contribution in [0.2, 0.25) is 0 Å². The van der Waals surface area contributed by atoms with Crippen molar-refractivity contribution in [2.75, 3.05) is 32.7 Å². The molecule has 2 atom stereocenters. The highest BCUT2D eigenvalue weighted by molar-refractivity contribution is 5.74. The van der Waals surface area contributed by atoms with E-state index in [2.05, 4.69) is 34.5 Å². The molecule has 0 spiro atoms. The number of urea groups is 1. The van der Waals surface area contributed by atoms with E-state index in [1.807, 2.05) is 11.8 Å². The molecule has 2 N–H and O–H groups in total. The Bertz CT molecular complexity index is 561. The van der Waals surface area contributed by atoms with Crippen LogP contribution in [0.25, 0.3) is 0 Å². The van der Waals surface area contributed by atoms with E-state index in [1.165, 1.54) is 11.1 Å². The molecule has 2 heterocycles. The van der Waals surface area contributed by atoms with Gasteiger partial charge < -0.3 is 15.3 Å². The third kappa shape index (κ3) is 4.28. The van der Waals surface area contributed by atoms with Gasteiger partial charge in [0.25, 0.3) is 0 Å². The maximum Gasteiger partial charge on any atom is 0.317 e. The number of carbonyl (C=O) groups excluding carboxylic acids is 1. The molecule has 3 rings (SSSR count). The quantitative estimate of drug-likeness (QED) is 0.885. The van der Waals surface area contributed by atoms with Gasteiger partial charge in [-0.1, -0.05) is 24.3 Å². The number of amides is 2. The predicted octanol–water partition coefficient (Wildman–Crippen LogP) is 1.85. The van der Waals surface area contributed by atoms with E-state index in [0.717, 1.165) is 45.4 Å². The van der Waals surface area contributed by atoms with Crippen LogP contribution in [0.15, 0.2) is 24.3 Å². The van der Waals surface area contributed by atoms with Gasteiger partial charge in [-0.15, -0.1) is 0 Å². The van der Waals surface area contributed by atoms with Gasteiger partial charge >= 0.3 is 6.03 Å². The lowest BCUT2D eigenvalue weighted by Crippen LogP contribution is -2.49. The van der Waals surface area contributed by atoms with E-state index in [4.69, 9.17) is 0 Å². The van der Waals surface area contributed by atoms with Gasteiger partial charge in [0.05, 0.1) is 6.10 Å². The molecule has 0 aromatic heterocycles. The Morgan fingerprint density at radius 3 is 2.92 bits per heavy atom. The Morgan fingerprint density at radius 1 is 1.33 bits per heavy atom. The fraction of sp³-hybridized carbons (Fsp3) is 0.632. The molecule has 2 amide bonds. The minimum absolute atomic E-state index is 0.0118. The largest absolute Gasteiger partial charge is 0.393 e. The average Bonchev–Trinajstić information content (AvgIpc) is 2.61. The highest BCUT2D eigenvalue weighted by atomic mass is 16.3. The number of hydrogen-bond donors (Lipinski definition) is 2. The highest BCUT2D eigenvalue weighted by Crippen LogP contribution is 2.20. The molecule has 0 saturated carbocycles. The Morgan fingerprint density at radius 2 is 2.12 bits per heavy atom. The van der Waals surface area contributed by atoms with Crippen molar-refractivity contribution >= 4 is 6.03 Å². The number of piperidine rings is 1. The summed E-state index contributed by atoms with van der Waals surface area (Å²) in [6.45, 7) is 6.87. The van der Waals surface area contributed by atoms with Gasteiger partial charge in [-0.25, -0.2) is 4.79 Å². The van der Waals surface area contributed by atoms with Crippen LogP contribution in [-0.2, 0) is 13.0 Å². The summed E-state index contributed by atoms with van der Waals surface area (Å²) in [7, 11) is 0. The van der Waals surface area contributed by atoms with Crippen molar-refractivity contribution in [2.24, 2.45) is 5.92 Å². The van der Waals surface area contributed by atoms with E-state index < -0.39 is 0 Å². The fourth-order valence-electron chi connectivity index (χ4n) is 3.77. The van der Waals surface area contributed by atoms with E-state index >= 15 is 0 Å². The van der Waals surface area contributed by atoms with Crippen LogP contribution in [-0.4, -0.2) is 59.8 Å². The minimum Gasteiger partial charge on any atom is -0.393 e. The lowest BCUT2D eigenvalue weighted by molar-refractivity contribution is 0.0737. The van der Waals surface area contributed by atoms with Crippen LogP contribution >= 0.6 is 0 Å². The van der Waals surface area contributed by atoms with Crippen molar-refractivity contribution in [1.29, 1.82) is 0 Å². The lowest BCUT2D eigenvalue weighted by atomic mass is 9.94. The molecule has 0 bridgehead atoms. The van der Waals surface area contributed by atoms with Crippen LogP contribution in [0.1, 0.15) is 30.9 Å². The first-order chi connectivity index (χ1) is 11.6. The second kappa shape index (κ2) is 7.99. The number of hydrogen-bond acceptors (Lipinski definition) is 3. The van der Waals surface area contributed by atoms with E-state index in [-0.39, 0.29) is 18.1 Å². The van der Waals surface area contributed by atoms with E-state index in [1.54, 1.807) is 0 Å². The van der Waals surface area contributed by atoms with E-state index in [9.17, 15) is 9.90 Å². The normalized spacial score (nSPS) is 22.8. The molecule has 2 aliphatic rings. The number of nitrogens with zero attached hydrogens (tertiary/aromatic N) is 2. The van der Waals surface area contributed by atoms with Crippen LogP contribution in [0.3, 0.4) is 0 Å². The molecule has 0 radical (unpaired) electrons. The van der Waals surface area contributed by atoms with Gasteiger partial charge in [-0.2, -0.15) is 0 Å². The molecular weight excluding hydrogens is 302 g/mol. The second-order valence-electron chi connectivity index (χ2n) is 7.12. The first-order valence-corrected chi connectivity index (χ1v) is 9.13. The highest BCUT2D eigenvalue weighted by Gasteiger charge is 2.26. The number of benzene rings is 1. The van der Waals surface area contributed by atoms with Gasteiger partial charge in [-0.05, 0) is 37.3 Å². The smallest absolute Gasteiger partial charge is 0.317 e. The van der Waals surface area contributed by atoms with Crippen LogP contribution < -0.4 is 5.32 Å². The number of aliphatic hydroxyl groups is 1. The summed E-state index contributed by atoms with van der Waals surface area (Å²) < 4.78 is 0. The molecule has 132 valence electrons. The predicted molar refractivity (Wildman–Crippen MR) is 94.8 cm³/mol. The van der Waals surface area contributed by atoms with E-state index in [0.29, 0.717) is 13.1 Å². The number of rotatable bonds is 4. The number of fused-ring (bicyclic) bond motifs is 1. The Balaban J connectivity index is 1.41. The average molecular weight is 331 g/mol. The maximum absolute atomic E-state index is 12.3. The number of likely N-dealkylation sites (tertiary alicyclic amines) is 1. The third-order valence-electron chi connectivity index (χ3n) is 5.34. The number of aliphatic hydroxyl groups excluding tert-OH is 1. The van der Waals surface area contributed by atoms with Crippen molar-refractivity contribution in [1.82, 2.24) is 15.1 Å². The molecule has 1 saturated heterocycles. The molecular formula is C19H29N3O2. The van der Waals surface area contributed by atoms with Gasteiger partial charge in [0.1, 0.15) is 0 Å². The Kier molecular flexibility index (Phi) is 5.74. The molecule has 2 unspecified atom stereocenters. The van der Waals surface area contributed by atoms with Gasteiger partial charge in [0.2, 0.25) is 0 Å². The van der Waals surface area contributed by atoms with Gasteiger partial charge in [0.15, 0.2) is 0 Å². The minimum atomic E-state index is -0.339. The number of nitrogens with one attached hydrogen (secondary N) is 1. The monoisotopic (exact) mass is 331 g/mol. The Hall–Kier alpha value is -1.59. The molecule has 1 aromatic rings. The SMILES string of the molecule is CC(O)C1CCCN(C(=O)NCCN2CCc3ccccc3C2)C1. The van der Waals surface area contributed by atoms with Crippen molar-refractivity contribution < 1.29 is 9.90 Å². The topological polar surface area (TPSA) is 55.8 Å². The van der Waals surface area contributed by atoms with Gasteiger partial charge in [0, 0.05) is 45.2 Å². The molecule has 2 aliphatic heterocycles. The standard InChI is InChI=1S/C19H29N3O2/c1-15(23)17-7-4-10-22(14-17)19(24)20-9-12-21-11-8-16-5-2-3-6-18(16)13-21/h2-3,5-6,15,17,23H,4,7-14H2,1H3,(H,20,24). The Labute approximate surface area is 144 Å². The molecule has 1 aromatic carbocycles. The maximum atomic E-state index is 12.3. The van der Waals surface area contributed by atoms with Crippen molar-refractivity contribution in [3.63, 3.8) is 0 Å². The molecule has 5 nitrogen and oxygen atoms in total. The second-order valence-corrected chi connectivity index (χ2v) is 7.12. The van der Waals surface area contributed by atoms with Crippen molar-refractivity contribution in [3.05, 3.63) is 35.4 Å². The van der Waals surface area contributed by atoms with Crippen molar-refractivity contribution in [3.8, 4) is 0 Å². The zero-order valence-corrected chi connectivity index (χ0v) is 14.6. The van der Waals surface area contributed by atoms with Crippen LogP contribution in [0.5, 0.6) is 0 Å². The van der Waals surface area contributed by atoms with Crippen LogP contribution in [0.4, 0.5) is 4.79 Å². The summed E-state index contributed by atoms with van der Waals surface area (Å²) in [6.07, 6.45) is 2.74.